The summed E-state index contributed by atoms with van der Waals surface area (Å²) >= 11 is 0. The average molecular weight is 290 g/mol. The monoisotopic (exact) mass is 290 g/mol. The van der Waals surface area contributed by atoms with E-state index in [0.717, 1.165) is 25.7 Å². The topological polar surface area (TPSA) is 73.4 Å². The highest BCUT2D eigenvalue weighted by atomic mass is 16.3. The summed E-state index contributed by atoms with van der Waals surface area (Å²) in [6, 6.07) is 3.31. The van der Waals surface area contributed by atoms with Crippen LogP contribution in [0.4, 0.5) is 0 Å². The molecule has 5 nitrogen and oxygen atoms in total. The van der Waals surface area contributed by atoms with Crippen LogP contribution in [0, 0.1) is 18.8 Å². The predicted octanol–water partition coefficient (Wildman–Crippen LogP) is 1.30. The normalized spacial score (nSPS) is 31.2. The summed E-state index contributed by atoms with van der Waals surface area (Å²) in [7, 11) is 1.82. The fourth-order valence-electron chi connectivity index (χ4n) is 4.04. The number of aliphatic hydroxyl groups excluding tert-OH is 1. The van der Waals surface area contributed by atoms with Gasteiger partial charge in [0.2, 0.25) is 5.56 Å². The fraction of sp³-hybridized carbons (Fsp3) is 0.625. The number of aromatic amines is 1. The van der Waals surface area contributed by atoms with E-state index in [1.54, 1.807) is 17.9 Å². The molecule has 0 bridgehead atoms. The molecule has 4 atom stereocenters. The van der Waals surface area contributed by atoms with E-state index in [2.05, 4.69) is 4.98 Å². The first-order valence-corrected chi connectivity index (χ1v) is 7.60. The molecule has 2 aliphatic carbocycles. The molecular weight excluding hydrogens is 268 g/mol. The van der Waals surface area contributed by atoms with Gasteiger partial charge in [-0.15, -0.1) is 0 Å². The number of hydrogen-bond acceptors (Lipinski definition) is 3. The van der Waals surface area contributed by atoms with E-state index in [4.69, 9.17) is 0 Å². The molecule has 21 heavy (non-hydrogen) atoms. The van der Waals surface area contributed by atoms with Crippen LogP contribution in [0.5, 0.6) is 0 Å². The molecule has 2 N–H and O–H groups in total. The molecule has 2 aliphatic rings. The van der Waals surface area contributed by atoms with Gasteiger partial charge >= 0.3 is 0 Å². The number of amides is 1. The van der Waals surface area contributed by atoms with Gasteiger partial charge in [0.1, 0.15) is 0 Å². The molecule has 0 saturated heterocycles. The maximum absolute atomic E-state index is 12.5. The van der Waals surface area contributed by atoms with E-state index in [1.165, 1.54) is 6.07 Å². The Morgan fingerprint density at radius 2 is 1.86 bits per heavy atom. The van der Waals surface area contributed by atoms with Crippen molar-refractivity contribution >= 4 is 5.91 Å². The number of aryl methyl sites for hydroxylation is 1. The average Bonchev–Trinajstić information content (AvgIpc) is 2.92. The van der Waals surface area contributed by atoms with Crippen LogP contribution < -0.4 is 5.56 Å². The third kappa shape index (κ3) is 2.75. The number of carbonyl (C=O) groups excluding carboxylic acids is 1. The van der Waals surface area contributed by atoms with Crippen molar-refractivity contribution in [1.82, 2.24) is 9.88 Å². The molecule has 1 heterocycles. The fourth-order valence-corrected chi connectivity index (χ4v) is 4.04. The van der Waals surface area contributed by atoms with Crippen molar-refractivity contribution in [3.05, 3.63) is 33.7 Å². The van der Waals surface area contributed by atoms with E-state index in [1.807, 2.05) is 7.05 Å². The highest BCUT2D eigenvalue weighted by Crippen LogP contribution is 2.45. The van der Waals surface area contributed by atoms with Gasteiger partial charge in [-0.1, -0.05) is 0 Å². The van der Waals surface area contributed by atoms with Crippen LogP contribution in [0.2, 0.25) is 0 Å². The minimum Gasteiger partial charge on any atom is -0.393 e. The lowest BCUT2D eigenvalue weighted by molar-refractivity contribution is 0.0722. The van der Waals surface area contributed by atoms with Crippen LogP contribution in [-0.2, 0) is 0 Å². The van der Waals surface area contributed by atoms with Crippen molar-refractivity contribution < 1.29 is 9.90 Å². The van der Waals surface area contributed by atoms with Crippen LogP contribution in [0.1, 0.15) is 41.7 Å². The van der Waals surface area contributed by atoms with Crippen LogP contribution in [0.25, 0.3) is 0 Å². The zero-order valence-corrected chi connectivity index (χ0v) is 12.5. The summed E-state index contributed by atoms with van der Waals surface area (Å²) in [6.07, 6.45) is 3.51. The summed E-state index contributed by atoms with van der Waals surface area (Å²) in [4.78, 5) is 28.5. The molecule has 0 aliphatic heterocycles. The van der Waals surface area contributed by atoms with Crippen LogP contribution in [-0.4, -0.2) is 40.1 Å². The minimum absolute atomic E-state index is 0.0882. The Bertz CT molecular complexity index is 596. The summed E-state index contributed by atoms with van der Waals surface area (Å²) in [5.41, 5.74) is 0.916. The Morgan fingerprint density at radius 3 is 2.43 bits per heavy atom. The number of fused-ring (bicyclic) bond motifs is 1. The third-order valence-electron chi connectivity index (χ3n) is 5.06. The van der Waals surface area contributed by atoms with Gasteiger partial charge in [0, 0.05) is 30.4 Å². The lowest BCUT2D eigenvalue weighted by Gasteiger charge is -2.25. The van der Waals surface area contributed by atoms with Gasteiger partial charge in [-0.25, -0.2) is 0 Å². The number of aromatic nitrogens is 1. The zero-order chi connectivity index (χ0) is 15.1. The molecule has 3 rings (SSSR count). The van der Waals surface area contributed by atoms with E-state index >= 15 is 0 Å². The Balaban J connectivity index is 1.72. The second-order valence-electron chi connectivity index (χ2n) is 6.60. The molecule has 114 valence electrons. The molecular formula is C16H22N2O3. The van der Waals surface area contributed by atoms with Crippen LogP contribution in [0.3, 0.4) is 0 Å². The van der Waals surface area contributed by atoms with Crippen molar-refractivity contribution in [2.24, 2.45) is 11.8 Å². The lowest BCUT2D eigenvalue weighted by Crippen LogP contribution is -2.36. The Labute approximate surface area is 124 Å². The van der Waals surface area contributed by atoms with Crippen molar-refractivity contribution in [1.29, 1.82) is 0 Å². The molecule has 2 unspecified atom stereocenters. The maximum Gasteiger partial charge on any atom is 0.254 e. The standard InChI is InChI=1S/C16H22N2O3/c1-9-3-12(8-15(20)17-9)16(21)18(2)13-4-10-6-14(19)7-11(10)5-13/h3,8,10-11,13-14,19H,4-7H2,1-2H3,(H,17,20)/t10-,11+,13?,14?. The van der Waals surface area contributed by atoms with Gasteiger partial charge in [0.05, 0.1) is 6.10 Å². The summed E-state index contributed by atoms with van der Waals surface area (Å²) < 4.78 is 0. The number of hydrogen-bond donors (Lipinski definition) is 2. The molecule has 2 fully saturated rings. The van der Waals surface area contributed by atoms with Gasteiger partial charge in [-0.2, -0.15) is 0 Å². The highest BCUT2D eigenvalue weighted by Gasteiger charge is 2.43. The largest absolute Gasteiger partial charge is 0.393 e. The van der Waals surface area contributed by atoms with Crippen LogP contribution in [0.15, 0.2) is 16.9 Å². The van der Waals surface area contributed by atoms with E-state index in [9.17, 15) is 14.7 Å². The second kappa shape index (κ2) is 5.30. The number of carbonyl (C=O) groups is 1. The van der Waals surface area contributed by atoms with Crippen molar-refractivity contribution in [2.45, 2.75) is 44.8 Å². The number of rotatable bonds is 2. The SMILES string of the molecule is Cc1cc(C(=O)N(C)C2C[C@H]3CC(O)C[C@H]3C2)cc(=O)[nH]1. The molecule has 1 aromatic rings. The molecule has 5 heteroatoms. The highest BCUT2D eigenvalue weighted by molar-refractivity contribution is 5.94. The van der Waals surface area contributed by atoms with Crippen molar-refractivity contribution in [2.75, 3.05) is 7.05 Å². The quantitative estimate of drug-likeness (QED) is 0.862. The van der Waals surface area contributed by atoms with E-state index in [0.29, 0.717) is 23.1 Å². The Morgan fingerprint density at radius 1 is 1.24 bits per heavy atom. The van der Waals surface area contributed by atoms with Gasteiger partial charge in [-0.05, 0) is 50.5 Å². The number of aliphatic hydroxyl groups is 1. The van der Waals surface area contributed by atoms with E-state index < -0.39 is 0 Å². The van der Waals surface area contributed by atoms with Gasteiger partial charge < -0.3 is 15.0 Å². The van der Waals surface area contributed by atoms with Crippen LogP contribution >= 0.6 is 0 Å². The van der Waals surface area contributed by atoms with Crippen molar-refractivity contribution in [3.8, 4) is 0 Å². The summed E-state index contributed by atoms with van der Waals surface area (Å²) in [5, 5.41) is 9.69. The number of H-pyrrole nitrogens is 1. The number of pyridine rings is 1. The predicted molar refractivity (Wildman–Crippen MR) is 79.1 cm³/mol. The lowest BCUT2D eigenvalue weighted by atomic mass is 10.0. The number of nitrogens with zero attached hydrogens (tertiary/aromatic N) is 1. The molecule has 2 saturated carbocycles. The molecule has 0 aromatic carbocycles. The van der Waals surface area contributed by atoms with Gasteiger partial charge in [0.25, 0.3) is 5.91 Å². The molecule has 0 spiro atoms. The molecule has 1 amide bonds. The first-order valence-electron chi connectivity index (χ1n) is 7.60. The first kappa shape index (κ1) is 14.3. The molecule has 0 radical (unpaired) electrons. The molecule has 1 aromatic heterocycles. The van der Waals surface area contributed by atoms with E-state index in [-0.39, 0.29) is 23.6 Å². The summed E-state index contributed by atoms with van der Waals surface area (Å²) in [5.74, 6) is 0.997. The minimum atomic E-state index is -0.238. The van der Waals surface area contributed by atoms with Gasteiger partial charge in [-0.3, -0.25) is 9.59 Å². The smallest absolute Gasteiger partial charge is 0.254 e. The van der Waals surface area contributed by atoms with Crippen molar-refractivity contribution in [3.63, 3.8) is 0 Å². The first-order chi connectivity index (χ1) is 9.94. The maximum atomic E-state index is 12.5. The Kier molecular flexibility index (Phi) is 3.61. The summed E-state index contributed by atoms with van der Waals surface area (Å²) in [6.45, 7) is 1.78. The second-order valence-corrected chi connectivity index (χ2v) is 6.60. The number of nitrogens with one attached hydrogen (secondary N) is 1. The Hall–Kier alpha value is -1.62. The third-order valence-corrected chi connectivity index (χ3v) is 5.06. The van der Waals surface area contributed by atoms with Gasteiger partial charge in [0.15, 0.2) is 0 Å². The zero-order valence-electron chi connectivity index (χ0n) is 12.5.